The third kappa shape index (κ3) is 5.77. The number of hydrogen-bond donors (Lipinski definition) is 1. The summed E-state index contributed by atoms with van der Waals surface area (Å²) in [5.74, 6) is 1.11. The first-order valence-corrected chi connectivity index (χ1v) is 15.2. The highest BCUT2D eigenvalue weighted by molar-refractivity contribution is 5.82. The third-order valence-electron chi connectivity index (χ3n) is 8.58. The summed E-state index contributed by atoms with van der Waals surface area (Å²) in [6, 6.07) is 21.9. The van der Waals surface area contributed by atoms with Gasteiger partial charge in [-0.15, -0.1) is 10.2 Å². The number of rotatable bonds is 10. The van der Waals surface area contributed by atoms with Crippen molar-refractivity contribution in [3.8, 4) is 22.5 Å². The minimum Gasteiger partial charge on any atom is -0.376 e. The highest BCUT2D eigenvalue weighted by Gasteiger charge is 2.34. The van der Waals surface area contributed by atoms with Crippen molar-refractivity contribution in [1.29, 1.82) is 0 Å². The van der Waals surface area contributed by atoms with Gasteiger partial charge in [-0.3, -0.25) is 14.2 Å². The van der Waals surface area contributed by atoms with E-state index in [0.717, 1.165) is 65.9 Å². The number of ether oxygens (including phenoxy) is 1. The standard InChI is InChI=1S/C34H37N7O3/c1-4-5-12-30-35-29-18-17-24(31(44-3)27-11-8-19-40(2)33(27)42)20-28(29)34(43)41(30)21-22-13-15-23(16-14-22)25-9-6-7-10-26(25)32-36-38-39-37-32/h6-7,9-10,13-18,20,27,31H,4-5,8,11-12,19,21H2,1-3H3,(H,36,37,38,39). The van der Waals surface area contributed by atoms with E-state index in [-0.39, 0.29) is 17.4 Å². The lowest BCUT2D eigenvalue weighted by Gasteiger charge is -2.33. The van der Waals surface area contributed by atoms with Crippen molar-refractivity contribution in [3.63, 3.8) is 0 Å². The Labute approximate surface area is 256 Å². The average molecular weight is 592 g/mol. The van der Waals surface area contributed by atoms with Gasteiger partial charge in [0.2, 0.25) is 11.7 Å². The molecule has 1 N–H and O–H groups in total. The molecule has 0 saturated carbocycles. The number of fused-ring (bicyclic) bond motifs is 1. The number of carbonyl (C=O) groups is 1. The fourth-order valence-electron chi connectivity index (χ4n) is 6.21. The number of aromatic amines is 1. The maximum absolute atomic E-state index is 14.1. The Hall–Kier alpha value is -4.70. The van der Waals surface area contributed by atoms with Gasteiger partial charge >= 0.3 is 0 Å². The Kier molecular flexibility index (Phi) is 8.60. The number of piperidine rings is 1. The Morgan fingerprint density at radius 1 is 1.05 bits per heavy atom. The highest BCUT2D eigenvalue weighted by atomic mass is 16.5. The summed E-state index contributed by atoms with van der Waals surface area (Å²) in [7, 11) is 3.46. The van der Waals surface area contributed by atoms with Crippen molar-refractivity contribution < 1.29 is 9.53 Å². The van der Waals surface area contributed by atoms with E-state index in [4.69, 9.17) is 9.72 Å². The van der Waals surface area contributed by atoms with E-state index in [1.165, 1.54) is 0 Å². The molecular formula is C34H37N7O3. The maximum atomic E-state index is 14.1. The first-order valence-electron chi connectivity index (χ1n) is 15.2. The van der Waals surface area contributed by atoms with Crippen LogP contribution < -0.4 is 5.56 Å². The zero-order chi connectivity index (χ0) is 30.6. The first kappa shape index (κ1) is 29.4. The van der Waals surface area contributed by atoms with Gasteiger partial charge in [-0.2, -0.15) is 5.21 Å². The zero-order valence-electron chi connectivity index (χ0n) is 25.4. The fraction of sp³-hybridized carbons (Fsp3) is 0.353. The van der Waals surface area contributed by atoms with E-state index in [1.807, 2.05) is 61.6 Å². The molecular weight excluding hydrogens is 554 g/mol. The quantitative estimate of drug-likeness (QED) is 0.237. The van der Waals surface area contributed by atoms with Gasteiger partial charge in [-0.1, -0.05) is 67.9 Å². The molecule has 44 heavy (non-hydrogen) atoms. The van der Waals surface area contributed by atoms with Gasteiger partial charge < -0.3 is 9.64 Å². The molecule has 1 fully saturated rings. The Balaban J connectivity index is 1.35. The molecule has 3 heterocycles. The smallest absolute Gasteiger partial charge is 0.261 e. The van der Waals surface area contributed by atoms with Crippen LogP contribution in [0, 0.1) is 5.92 Å². The van der Waals surface area contributed by atoms with Crippen molar-refractivity contribution in [2.45, 2.75) is 51.7 Å². The van der Waals surface area contributed by atoms with Crippen molar-refractivity contribution in [3.05, 3.63) is 94.0 Å². The second kappa shape index (κ2) is 12.9. The summed E-state index contributed by atoms with van der Waals surface area (Å²) in [6.45, 7) is 3.29. The normalized spacial score (nSPS) is 16.0. The lowest BCUT2D eigenvalue weighted by atomic mass is 9.87. The van der Waals surface area contributed by atoms with Crippen LogP contribution in [-0.2, 0) is 22.5 Å². The van der Waals surface area contributed by atoms with Crippen molar-refractivity contribution >= 4 is 16.8 Å². The summed E-state index contributed by atoms with van der Waals surface area (Å²) >= 11 is 0. The van der Waals surface area contributed by atoms with E-state index in [1.54, 1.807) is 16.6 Å². The Morgan fingerprint density at radius 2 is 1.84 bits per heavy atom. The molecule has 1 aliphatic heterocycles. The van der Waals surface area contributed by atoms with Crippen LogP contribution in [0.15, 0.2) is 71.5 Å². The second-order valence-corrected chi connectivity index (χ2v) is 11.4. The topological polar surface area (TPSA) is 119 Å². The number of benzene rings is 3. The van der Waals surface area contributed by atoms with Gasteiger partial charge in [-0.05, 0) is 58.9 Å². The number of aryl methyl sites for hydroxylation is 1. The highest BCUT2D eigenvalue weighted by Crippen LogP contribution is 2.34. The van der Waals surface area contributed by atoms with Crippen LogP contribution in [-0.4, -0.2) is 61.7 Å². The third-order valence-corrected chi connectivity index (χ3v) is 8.58. The summed E-state index contributed by atoms with van der Waals surface area (Å²) < 4.78 is 7.67. The maximum Gasteiger partial charge on any atom is 0.261 e. The number of hydrogen-bond acceptors (Lipinski definition) is 7. The van der Waals surface area contributed by atoms with E-state index in [0.29, 0.717) is 29.7 Å². The van der Waals surface area contributed by atoms with E-state index >= 15 is 0 Å². The monoisotopic (exact) mass is 591 g/mol. The molecule has 3 aromatic carbocycles. The van der Waals surface area contributed by atoms with Gasteiger partial charge in [0.25, 0.3) is 5.56 Å². The van der Waals surface area contributed by atoms with Gasteiger partial charge in [0.05, 0.1) is 29.5 Å². The predicted molar refractivity (Wildman–Crippen MR) is 169 cm³/mol. The molecule has 6 rings (SSSR count). The van der Waals surface area contributed by atoms with Gasteiger partial charge in [0, 0.05) is 32.7 Å². The number of carbonyl (C=O) groups excluding carboxylic acids is 1. The van der Waals surface area contributed by atoms with Gasteiger partial charge in [0.1, 0.15) is 5.82 Å². The largest absolute Gasteiger partial charge is 0.376 e. The SMILES string of the molecule is CCCCc1nc2ccc(C(OC)C3CCCN(C)C3=O)cc2c(=O)n1Cc1ccc(-c2ccccc2-c2nn[nH]n2)cc1. The average Bonchev–Trinajstić information content (AvgIpc) is 3.60. The van der Waals surface area contributed by atoms with E-state index in [2.05, 4.69) is 39.7 Å². The lowest BCUT2D eigenvalue weighted by molar-refractivity contribution is -0.142. The zero-order valence-corrected chi connectivity index (χ0v) is 25.4. The lowest BCUT2D eigenvalue weighted by Crippen LogP contribution is -2.41. The van der Waals surface area contributed by atoms with Crippen LogP contribution in [0.2, 0.25) is 0 Å². The molecule has 1 aliphatic rings. The summed E-state index contributed by atoms with van der Waals surface area (Å²) in [5, 5.41) is 15.1. The van der Waals surface area contributed by atoms with Crippen LogP contribution in [0.25, 0.3) is 33.4 Å². The number of unbranched alkanes of at least 4 members (excludes halogenated alkanes) is 1. The van der Waals surface area contributed by atoms with Crippen LogP contribution >= 0.6 is 0 Å². The Bertz CT molecular complexity index is 1820. The number of amides is 1. The number of nitrogens with one attached hydrogen (secondary N) is 1. The fourth-order valence-corrected chi connectivity index (χ4v) is 6.21. The number of tetrazole rings is 1. The van der Waals surface area contributed by atoms with Crippen LogP contribution in [0.4, 0.5) is 0 Å². The van der Waals surface area contributed by atoms with E-state index < -0.39 is 6.10 Å². The molecule has 2 atom stereocenters. The molecule has 10 nitrogen and oxygen atoms in total. The molecule has 226 valence electrons. The summed E-state index contributed by atoms with van der Waals surface area (Å²) in [5.41, 5.74) is 5.29. The number of H-pyrrole nitrogens is 1. The molecule has 0 bridgehead atoms. The van der Waals surface area contributed by atoms with E-state index in [9.17, 15) is 9.59 Å². The molecule has 10 heteroatoms. The number of nitrogens with zero attached hydrogens (tertiary/aromatic N) is 6. The minimum absolute atomic E-state index is 0.0806. The molecule has 0 radical (unpaired) electrons. The predicted octanol–water partition coefficient (Wildman–Crippen LogP) is 5.19. The summed E-state index contributed by atoms with van der Waals surface area (Å²) in [4.78, 5) is 33.8. The molecule has 0 spiro atoms. The first-order chi connectivity index (χ1) is 21.5. The molecule has 0 aliphatic carbocycles. The van der Waals surface area contributed by atoms with Crippen molar-refractivity contribution in [1.82, 2.24) is 35.1 Å². The van der Waals surface area contributed by atoms with Crippen LogP contribution in [0.5, 0.6) is 0 Å². The Morgan fingerprint density at radius 3 is 2.57 bits per heavy atom. The van der Waals surface area contributed by atoms with Crippen molar-refractivity contribution in [2.75, 3.05) is 20.7 Å². The van der Waals surface area contributed by atoms with Crippen molar-refractivity contribution in [2.24, 2.45) is 5.92 Å². The number of likely N-dealkylation sites (tertiary alicyclic amines) is 1. The van der Waals surface area contributed by atoms with Gasteiger partial charge in [-0.25, -0.2) is 4.98 Å². The molecule has 1 saturated heterocycles. The molecule has 5 aromatic rings. The minimum atomic E-state index is -0.426. The number of methoxy groups -OCH3 is 1. The number of aromatic nitrogens is 6. The second-order valence-electron chi connectivity index (χ2n) is 11.4. The molecule has 2 unspecified atom stereocenters. The molecule has 1 amide bonds. The van der Waals surface area contributed by atoms with Gasteiger partial charge in [0.15, 0.2) is 0 Å². The molecule has 2 aromatic heterocycles. The van der Waals surface area contributed by atoms with Crippen LogP contribution in [0.1, 0.15) is 55.7 Å². The van der Waals surface area contributed by atoms with Crippen LogP contribution in [0.3, 0.4) is 0 Å². The summed E-state index contributed by atoms with van der Waals surface area (Å²) in [6.07, 6.45) is 3.91.